The van der Waals surface area contributed by atoms with Gasteiger partial charge in [-0.2, -0.15) is 0 Å². The summed E-state index contributed by atoms with van der Waals surface area (Å²) >= 11 is 5.67. The standard InChI is InChI=1S/C13H11ClF2O/c1-17-10-7-8-11(15)13(14,16)12(10)9-5-3-2-4-6-9/h2-8,11H,1H3. The zero-order valence-corrected chi connectivity index (χ0v) is 9.92. The second kappa shape index (κ2) is 4.49. The van der Waals surface area contributed by atoms with Crippen LogP contribution < -0.4 is 0 Å². The van der Waals surface area contributed by atoms with Gasteiger partial charge in [0.2, 0.25) is 5.13 Å². The Labute approximate surface area is 103 Å². The Morgan fingerprint density at radius 1 is 1.29 bits per heavy atom. The van der Waals surface area contributed by atoms with Crippen molar-refractivity contribution in [3.8, 4) is 0 Å². The molecule has 0 saturated carbocycles. The molecule has 1 nitrogen and oxygen atoms in total. The van der Waals surface area contributed by atoms with E-state index in [-0.39, 0.29) is 11.3 Å². The van der Waals surface area contributed by atoms with Gasteiger partial charge in [-0.3, -0.25) is 0 Å². The van der Waals surface area contributed by atoms with Crippen molar-refractivity contribution in [3.63, 3.8) is 0 Å². The number of allylic oxidation sites excluding steroid dienone is 3. The second-order valence-electron chi connectivity index (χ2n) is 3.69. The first-order valence-corrected chi connectivity index (χ1v) is 5.49. The van der Waals surface area contributed by atoms with Crippen molar-refractivity contribution in [3.05, 3.63) is 53.8 Å². The molecule has 0 bridgehead atoms. The normalized spacial score (nSPS) is 28.4. The first kappa shape index (κ1) is 12.1. The lowest BCUT2D eigenvalue weighted by molar-refractivity contribution is 0.204. The van der Waals surface area contributed by atoms with Crippen LogP contribution in [0.3, 0.4) is 0 Å². The van der Waals surface area contributed by atoms with Gasteiger partial charge in [-0.15, -0.1) is 0 Å². The van der Waals surface area contributed by atoms with Crippen LogP contribution in [0.25, 0.3) is 5.57 Å². The average molecular weight is 257 g/mol. The maximum atomic E-state index is 14.3. The summed E-state index contributed by atoms with van der Waals surface area (Å²) < 4.78 is 32.8. The smallest absolute Gasteiger partial charge is 0.247 e. The number of hydrogen-bond donors (Lipinski definition) is 0. The van der Waals surface area contributed by atoms with Gasteiger partial charge in [0, 0.05) is 0 Å². The lowest BCUT2D eigenvalue weighted by atomic mass is 9.93. The second-order valence-corrected chi connectivity index (χ2v) is 4.24. The Kier molecular flexibility index (Phi) is 3.20. The summed E-state index contributed by atoms with van der Waals surface area (Å²) in [7, 11) is 1.40. The van der Waals surface area contributed by atoms with Crippen molar-refractivity contribution in [2.24, 2.45) is 0 Å². The molecule has 2 unspecified atom stereocenters. The Hall–Kier alpha value is -1.35. The van der Waals surface area contributed by atoms with Crippen LogP contribution in [0.4, 0.5) is 8.78 Å². The van der Waals surface area contributed by atoms with Gasteiger partial charge in [-0.1, -0.05) is 41.9 Å². The molecular weight excluding hydrogens is 246 g/mol. The van der Waals surface area contributed by atoms with E-state index in [4.69, 9.17) is 16.3 Å². The van der Waals surface area contributed by atoms with Crippen LogP contribution in [0.1, 0.15) is 5.56 Å². The molecule has 0 saturated heterocycles. The van der Waals surface area contributed by atoms with Crippen molar-refractivity contribution in [1.82, 2.24) is 0 Å². The Bertz CT molecular complexity index is 466. The highest BCUT2D eigenvalue weighted by molar-refractivity contribution is 6.30. The molecule has 0 N–H and O–H groups in total. The van der Waals surface area contributed by atoms with Gasteiger partial charge in [-0.05, 0) is 17.7 Å². The third-order valence-electron chi connectivity index (χ3n) is 2.63. The summed E-state index contributed by atoms with van der Waals surface area (Å²) in [6, 6.07) is 8.58. The van der Waals surface area contributed by atoms with E-state index in [1.165, 1.54) is 13.2 Å². The van der Waals surface area contributed by atoms with E-state index >= 15 is 0 Å². The van der Waals surface area contributed by atoms with Crippen LogP contribution in [-0.2, 0) is 4.74 Å². The van der Waals surface area contributed by atoms with Crippen molar-refractivity contribution < 1.29 is 13.5 Å². The molecule has 1 aliphatic rings. The van der Waals surface area contributed by atoms with E-state index in [2.05, 4.69) is 0 Å². The number of halogens is 3. The van der Waals surface area contributed by atoms with E-state index < -0.39 is 11.3 Å². The fraction of sp³-hybridized carbons (Fsp3) is 0.231. The maximum absolute atomic E-state index is 14.3. The van der Waals surface area contributed by atoms with Crippen molar-refractivity contribution in [2.45, 2.75) is 11.3 Å². The molecule has 2 rings (SSSR count). The minimum Gasteiger partial charge on any atom is -0.496 e. The minimum atomic E-state index is -2.60. The fourth-order valence-corrected chi connectivity index (χ4v) is 2.06. The third-order valence-corrected chi connectivity index (χ3v) is 3.02. The molecule has 0 aliphatic heterocycles. The summed E-state index contributed by atoms with van der Waals surface area (Å²) in [6.45, 7) is 0. The molecule has 0 amide bonds. The summed E-state index contributed by atoms with van der Waals surface area (Å²) in [5, 5.41) is -2.60. The van der Waals surface area contributed by atoms with E-state index in [1.54, 1.807) is 30.3 Å². The average Bonchev–Trinajstić information content (AvgIpc) is 2.33. The van der Waals surface area contributed by atoms with Gasteiger partial charge in [0.15, 0.2) is 6.17 Å². The van der Waals surface area contributed by atoms with E-state index in [1.807, 2.05) is 0 Å². The number of methoxy groups -OCH3 is 1. The van der Waals surface area contributed by atoms with Crippen LogP contribution in [0.2, 0.25) is 0 Å². The van der Waals surface area contributed by atoms with E-state index in [0.717, 1.165) is 6.08 Å². The first-order valence-electron chi connectivity index (χ1n) is 5.11. The predicted octanol–water partition coefficient (Wildman–Crippen LogP) is 3.86. The van der Waals surface area contributed by atoms with Crippen LogP contribution in [0.15, 0.2) is 48.2 Å². The van der Waals surface area contributed by atoms with Gasteiger partial charge in [0.1, 0.15) is 5.76 Å². The van der Waals surface area contributed by atoms with Gasteiger partial charge in [-0.25, -0.2) is 8.78 Å². The minimum absolute atomic E-state index is 0.0252. The maximum Gasteiger partial charge on any atom is 0.247 e. The number of ether oxygens (including phenoxy) is 1. The molecular formula is C13H11ClF2O. The molecule has 17 heavy (non-hydrogen) atoms. The third kappa shape index (κ3) is 2.07. The molecule has 1 aromatic rings. The quantitative estimate of drug-likeness (QED) is 0.730. The topological polar surface area (TPSA) is 9.23 Å². The van der Waals surface area contributed by atoms with Gasteiger partial charge >= 0.3 is 0 Å². The number of hydrogen-bond acceptors (Lipinski definition) is 1. The van der Waals surface area contributed by atoms with Gasteiger partial charge in [0.25, 0.3) is 0 Å². The molecule has 1 aliphatic carbocycles. The number of rotatable bonds is 2. The highest BCUT2D eigenvalue weighted by atomic mass is 35.5. The summed E-state index contributed by atoms with van der Waals surface area (Å²) in [5.74, 6) is 0.239. The van der Waals surface area contributed by atoms with Crippen LogP contribution >= 0.6 is 11.6 Å². The predicted molar refractivity (Wildman–Crippen MR) is 64.1 cm³/mol. The Balaban J connectivity index is 2.59. The number of alkyl halides is 3. The molecule has 0 aromatic heterocycles. The molecule has 0 fully saturated rings. The summed E-state index contributed by atoms with van der Waals surface area (Å²) in [5.41, 5.74) is 0.533. The molecule has 2 atom stereocenters. The first-order chi connectivity index (χ1) is 8.07. The molecule has 4 heteroatoms. The highest BCUT2D eigenvalue weighted by Crippen LogP contribution is 2.44. The van der Waals surface area contributed by atoms with Crippen LogP contribution in [0, 0.1) is 0 Å². The van der Waals surface area contributed by atoms with Crippen LogP contribution in [0.5, 0.6) is 0 Å². The monoisotopic (exact) mass is 256 g/mol. The van der Waals surface area contributed by atoms with Gasteiger partial charge < -0.3 is 4.74 Å². The number of benzene rings is 1. The summed E-state index contributed by atoms with van der Waals surface area (Å²) in [6.07, 6.45) is 0.559. The zero-order valence-electron chi connectivity index (χ0n) is 9.16. The lowest BCUT2D eigenvalue weighted by Gasteiger charge is -2.28. The summed E-state index contributed by atoms with van der Waals surface area (Å²) in [4.78, 5) is 0. The zero-order chi connectivity index (χ0) is 12.5. The van der Waals surface area contributed by atoms with Crippen molar-refractivity contribution >= 4 is 17.2 Å². The Morgan fingerprint density at radius 3 is 2.53 bits per heavy atom. The molecule has 90 valence electrons. The Morgan fingerprint density at radius 2 is 1.94 bits per heavy atom. The van der Waals surface area contributed by atoms with Crippen molar-refractivity contribution in [1.29, 1.82) is 0 Å². The van der Waals surface area contributed by atoms with Gasteiger partial charge in [0.05, 0.1) is 12.7 Å². The molecule has 0 spiro atoms. The molecule has 0 radical (unpaired) electrons. The van der Waals surface area contributed by atoms with E-state index in [9.17, 15) is 8.78 Å². The highest BCUT2D eigenvalue weighted by Gasteiger charge is 2.45. The SMILES string of the molecule is COC1=C(c2ccccc2)C(F)(Cl)C(F)C=C1. The lowest BCUT2D eigenvalue weighted by Crippen LogP contribution is -2.32. The van der Waals surface area contributed by atoms with Crippen LogP contribution in [-0.4, -0.2) is 18.4 Å². The van der Waals surface area contributed by atoms with Crippen molar-refractivity contribution in [2.75, 3.05) is 7.11 Å². The largest absolute Gasteiger partial charge is 0.496 e. The fourth-order valence-electron chi connectivity index (χ4n) is 1.79. The molecule has 1 aromatic carbocycles. The van der Waals surface area contributed by atoms with E-state index in [0.29, 0.717) is 5.56 Å². The molecule has 0 heterocycles.